The van der Waals surface area contributed by atoms with Gasteiger partial charge < -0.3 is 26.6 Å². The molecule has 0 aliphatic rings. The predicted octanol–water partition coefficient (Wildman–Crippen LogP) is 1.20. The van der Waals surface area contributed by atoms with Crippen LogP contribution in [0, 0.1) is 11.8 Å². The van der Waals surface area contributed by atoms with Gasteiger partial charge in [-0.05, 0) is 49.1 Å². The van der Waals surface area contributed by atoms with Gasteiger partial charge in [0.25, 0.3) is 0 Å². The Morgan fingerprint density at radius 3 is 1.81 bits per heavy atom. The van der Waals surface area contributed by atoms with Crippen molar-refractivity contribution in [1.29, 1.82) is 0 Å². The van der Waals surface area contributed by atoms with Crippen LogP contribution in [0.5, 0.6) is 0 Å². The van der Waals surface area contributed by atoms with Gasteiger partial charge in [-0.1, -0.05) is 42.2 Å². The number of rotatable bonds is 13. The van der Waals surface area contributed by atoms with Gasteiger partial charge in [0.15, 0.2) is 0 Å². The van der Waals surface area contributed by atoms with Crippen molar-refractivity contribution in [2.75, 3.05) is 0 Å². The second-order valence-electron chi connectivity index (χ2n) is 8.26. The van der Waals surface area contributed by atoms with E-state index in [1.165, 1.54) is 0 Å². The number of aliphatic carboxylic acids is 2. The third-order valence-electron chi connectivity index (χ3n) is 5.33. The third kappa shape index (κ3) is 11.1. The molecular weight excluding hydrogens is 478 g/mol. The van der Waals surface area contributed by atoms with Gasteiger partial charge in [-0.25, -0.2) is 0 Å². The molecule has 0 fully saturated rings. The number of benzene rings is 2. The van der Waals surface area contributed by atoms with E-state index in [9.17, 15) is 24.0 Å². The second-order valence-corrected chi connectivity index (χ2v) is 8.26. The van der Waals surface area contributed by atoms with Crippen molar-refractivity contribution < 1.29 is 34.2 Å². The first-order valence-electron chi connectivity index (χ1n) is 11.6. The maximum Gasteiger partial charge on any atom is 0.303 e. The highest BCUT2D eigenvalue weighted by atomic mass is 16.4. The van der Waals surface area contributed by atoms with E-state index in [1.807, 2.05) is 54.6 Å². The monoisotopic (exact) mass is 507 g/mol. The second kappa shape index (κ2) is 14.7. The molecule has 0 aliphatic heterocycles. The van der Waals surface area contributed by atoms with E-state index >= 15 is 0 Å². The Labute approximate surface area is 214 Å². The fourth-order valence-corrected chi connectivity index (χ4v) is 3.31. The van der Waals surface area contributed by atoms with Crippen LogP contribution in [0.15, 0.2) is 54.6 Å². The normalized spacial score (nSPS) is 11.8. The summed E-state index contributed by atoms with van der Waals surface area (Å²) in [5, 5.41) is 22.6. The fraction of sp³-hybridized carbons (Fsp3) is 0.296. The average Bonchev–Trinajstić information content (AvgIpc) is 2.87. The third-order valence-corrected chi connectivity index (χ3v) is 5.33. The SMILES string of the molecule is NC(=O)C(CCC(=O)O)NC(=O)C(CCC(=O)O)NC(=O)CCc1ccc(C#Cc2ccccc2)cc1. The highest BCUT2D eigenvalue weighted by Gasteiger charge is 2.26. The molecular formula is C27H29N3O7. The molecule has 0 bridgehead atoms. The molecule has 0 spiro atoms. The number of nitrogens with two attached hydrogens (primary N) is 1. The molecule has 2 aromatic carbocycles. The van der Waals surface area contributed by atoms with Crippen LogP contribution in [0.25, 0.3) is 0 Å². The summed E-state index contributed by atoms with van der Waals surface area (Å²) in [4.78, 5) is 58.5. The van der Waals surface area contributed by atoms with Crippen molar-refractivity contribution in [1.82, 2.24) is 10.6 Å². The quantitative estimate of drug-likeness (QED) is 0.253. The van der Waals surface area contributed by atoms with E-state index in [4.69, 9.17) is 15.9 Å². The minimum atomic E-state index is -1.27. The molecule has 194 valence electrons. The summed E-state index contributed by atoms with van der Waals surface area (Å²) in [6, 6.07) is 14.4. The Balaban J connectivity index is 1.95. The summed E-state index contributed by atoms with van der Waals surface area (Å²) < 4.78 is 0. The van der Waals surface area contributed by atoms with Crippen molar-refractivity contribution in [3.05, 3.63) is 71.3 Å². The lowest BCUT2D eigenvalue weighted by atomic mass is 10.1. The van der Waals surface area contributed by atoms with Crippen molar-refractivity contribution in [2.24, 2.45) is 5.73 Å². The van der Waals surface area contributed by atoms with E-state index in [0.29, 0.717) is 6.42 Å². The van der Waals surface area contributed by atoms with E-state index < -0.39 is 54.6 Å². The predicted molar refractivity (Wildman–Crippen MR) is 134 cm³/mol. The van der Waals surface area contributed by atoms with Gasteiger partial charge in [0, 0.05) is 30.4 Å². The molecule has 2 unspecified atom stereocenters. The van der Waals surface area contributed by atoms with Crippen LogP contribution in [0.2, 0.25) is 0 Å². The number of carbonyl (C=O) groups is 5. The molecule has 0 saturated carbocycles. The minimum Gasteiger partial charge on any atom is -0.481 e. The maximum absolute atomic E-state index is 12.6. The number of carboxylic acids is 2. The zero-order valence-corrected chi connectivity index (χ0v) is 20.1. The molecule has 3 amide bonds. The largest absolute Gasteiger partial charge is 0.481 e. The lowest BCUT2D eigenvalue weighted by molar-refractivity contribution is -0.139. The van der Waals surface area contributed by atoms with Gasteiger partial charge in [0.2, 0.25) is 17.7 Å². The van der Waals surface area contributed by atoms with E-state index in [1.54, 1.807) is 0 Å². The molecule has 2 aromatic rings. The molecule has 37 heavy (non-hydrogen) atoms. The maximum atomic E-state index is 12.6. The fourth-order valence-electron chi connectivity index (χ4n) is 3.31. The first kappa shape index (κ1) is 28.6. The zero-order chi connectivity index (χ0) is 27.2. The lowest BCUT2D eigenvalue weighted by Crippen LogP contribution is -2.53. The van der Waals surface area contributed by atoms with Crippen LogP contribution in [-0.2, 0) is 30.4 Å². The summed E-state index contributed by atoms with van der Waals surface area (Å²) in [5.41, 5.74) is 7.81. The van der Waals surface area contributed by atoms with Gasteiger partial charge in [0.05, 0.1) is 0 Å². The summed E-state index contributed by atoms with van der Waals surface area (Å²) in [7, 11) is 0. The van der Waals surface area contributed by atoms with E-state index in [2.05, 4.69) is 22.5 Å². The van der Waals surface area contributed by atoms with Crippen molar-refractivity contribution >= 4 is 29.7 Å². The van der Waals surface area contributed by atoms with Crippen LogP contribution in [-0.4, -0.2) is 52.0 Å². The number of primary amides is 1. The van der Waals surface area contributed by atoms with Crippen LogP contribution in [0.4, 0.5) is 0 Å². The van der Waals surface area contributed by atoms with Gasteiger partial charge in [-0.15, -0.1) is 0 Å². The lowest BCUT2D eigenvalue weighted by Gasteiger charge is -2.21. The van der Waals surface area contributed by atoms with Gasteiger partial charge >= 0.3 is 11.9 Å². The van der Waals surface area contributed by atoms with Gasteiger partial charge in [0.1, 0.15) is 12.1 Å². The zero-order valence-electron chi connectivity index (χ0n) is 20.1. The van der Waals surface area contributed by atoms with Crippen molar-refractivity contribution in [2.45, 2.75) is 50.6 Å². The molecule has 6 N–H and O–H groups in total. The number of nitrogens with one attached hydrogen (secondary N) is 2. The Hall–Kier alpha value is -4.65. The molecule has 0 radical (unpaired) electrons. The standard InChI is InChI=1S/C27H29N3O7/c28-26(36)21(13-16-24(32)33)30-27(37)22(14-17-25(34)35)29-23(31)15-12-20-10-8-19(9-11-20)7-6-18-4-2-1-3-5-18/h1-5,8-11,21-22H,12-17H2,(H2,28,36)(H,29,31)(H,30,37)(H,32,33)(H,34,35). The number of carbonyl (C=O) groups excluding carboxylic acids is 3. The first-order valence-corrected chi connectivity index (χ1v) is 11.6. The smallest absolute Gasteiger partial charge is 0.303 e. The molecule has 10 nitrogen and oxygen atoms in total. The highest BCUT2D eigenvalue weighted by Crippen LogP contribution is 2.08. The van der Waals surface area contributed by atoms with Gasteiger partial charge in [-0.2, -0.15) is 0 Å². The van der Waals surface area contributed by atoms with Crippen molar-refractivity contribution in [3.8, 4) is 11.8 Å². The minimum absolute atomic E-state index is 0.0319. The molecule has 0 aromatic heterocycles. The molecule has 10 heteroatoms. The molecule has 0 saturated heterocycles. The van der Waals surface area contributed by atoms with Crippen molar-refractivity contribution in [3.63, 3.8) is 0 Å². The summed E-state index contributed by atoms with van der Waals surface area (Å²) in [6.45, 7) is 0. The molecule has 2 rings (SSSR count). The number of aryl methyl sites for hydroxylation is 1. The number of carboxylic acid groups (broad SMARTS) is 2. The average molecular weight is 508 g/mol. The van der Waals surface area contributed by atoms with Crippen LogP contribution in [0.3, 0.4) is 0 Å². The first-order chi connectivity index (χ1) is 17.6. The number of amides is 3. The Kier molecular flexibility index (Phi) is 11.3. The number of hydrogen-bond acceptors (Lipinski definition) is 5. The number of hydrogen-bond donors (Lipinski definition) is 5. The molecule has 0 heterocycles. The van der Waals surface area contributed by atoms with Crippen LogP contribution >= 0.6 is 0 Å². The van der Waals surface area contributed by atoms with Gasteiger partial charge in [-0.3, -0.25) is 24.0 Å². The topological polar surface area (TPSA) is 176 Å². The highest BCUT2D eigenvalue weighted by molar-refractivity contribution is 5.92. The Morgan fingerprint density at radius 2 is 1.27 bits per heavy atom. The van der Waals surface area contributed by atoms with Crippen LogP contribution in [0.1, 0.15) is 48.8 Å². The summed E-state index contributed by atoms with van der Waals surface area (Å²) in [6.07, 6.45) is -0.858. The summed E-state index contributed by atoms with van der Waals surface area (Å²) >= 11 is 0. The van der Waals surface area contributed by atoms with Crippen LogP contribution < -0.4 is 16.4 Å². The van der Waals surface area contributed by atoms with E-state index in [-0.39, 0.29) is 19.3 Å². The Bertz CT molecular complexity index is 1170. The van der Waals surface area contributed by atoms with E-state index in [0.717, 1.165) is 16.7 Å². The molecule has 2 atom stereocenters. The summed E-state index contributed by atoms with van der Waals surface area (Å²) in [5.74, 6) is 1.55. The molecule has 0 aliphatic carbocycles. The Morgan fingerprint density at radius 1 is 0.730 bits per heavy atom.